The monoisotopic (exact) mass is 146 g/mol. The number of rotatable bonds is 5. The number of nitrogens with two attached hydrogens (primary N) is 1. The highest BCUT2D eigenvalue weighted by atomic mass is 16.5. The van der Waals surface area contributed by atoms with Gasteiger partial charge in [0.2, 0.25) is 0 Å². The Labute approximate surface area is 63.1 Å². The summed E-state index contributed by atoms with van der Waals surface area (Å²) < 4.78 is 4.91. The lowest BCUT2D eigenvalue weighted by Gasteiger charge is -2.17. The molecule has 2 N–H and O–H groups in total. The topological polar surface area (TPSA) is 38.5 Å². The van der Waals surface area contributed by atoms with E-state index >= 15 is 0 Å². The number of hydrogen-bond acceptors (Lipinski definition) is 3. The molecule has 0 saturated heterocycles. The fourth-order valence-corrected chi connectivity index (χ4v) is 0.830. The summed E-state index contributed by atoms with van der Waals surface area (Å²) in [7, 11) is 3.75. The number of likely N-dealkylation sites (N-methyl/N-ethyl adjacent to an activating group) is 1. The molecule has 0 radical (unpaired) electrons. The molecule has 0 amide bonds. The van der Waals surface area contributed by atoms with Crippen molar-refractivity contribution < 1.29 is 4.74 Å². The van der Waals surface area contributed by atoms with Gasteiger partial charge in [0.25, 0.3) is 0 Å². The minimum absolute atomic E-state index is 0.252. The summed E-state index contributed by atoms with van der Waals surface area (Å²) in [6, 6.07) is 0.252. The summed E-state index contributed by atoms with van der Waals surface area (Å²) in [5.41, 5.74) is 5.58. The lowest BCUT2D eigenvalue weighted by molar-refractivity contribution is 0.159. The summed E-state index contributed by atoms with van der Waals surface area (Å²) in [6.07, 6.45) is 0. The van der Waals surface area contributed by atoms with Gasteiger partial charge in [-0.25, -0.2) is 0 Å². The fourth-order valence-electron chi connectivity index (χ4n) is 0.830. The van der Waals surface area contributed by atoms with Gasteiger partial charge in [0.15, 0.2) is 0 Å². The van der Waals surface area contributed by atoms with Gasteiger partial charge in [-0.3, -0.25) is 0 Å². The maximum absolute atomic E-state index is 5.58. The molecule has 3 nitrogen and oxygen atoms in total. The summed E-state index contributed by atoms with van der Waals surface area (Å²) in [5, 5.41) is 0. The molecule has 0 aromatic heterocycles. The van der Waals surface area contributed by atoms with Crippen molar-refractivity contribution in [1.29, 1.82) is 0 Å². The van der Waals surface area contributed by atoms with E-state index in [1.165, 1.54) is 0 Å². The first-order chi connectivity index (χ1) is 4.66. The van der Waals surface area contributed by atoms with Crippen LogP contribution in [0, 0.1) is 0 Å². The van der Waals surface area contributed by atoms with E-state index < -0.39 is 0 Å². The first-order valence-corrected chi connectivity index (χ1v) is 3.60. The number of ether oxygens (including phenoxy) is 1. The van der Waals surface area contributed by atoms with E-state index in [0.29, 0.717) is 0 Å². The summed E-state index contributed by atoms with van der Waals surface area (Å²) in [4.78, 5) is 2.16. The van der Waals surface area contributed by atoms with Gasteiger partial charge in [-0.15, -0.1) is 0 Å². The van der Waals surface area contributed by atoms with Crippen LogP contribution in [0.4, 0.5) is 0 Å². The van der Waals surface area contributed by atoms with E-state index in [0.717, 1.165) is 19.7 Å². The van der Waals surface area contributed by atoms with E-state index in [1.54, 1.807) is 7.11 Å². The minimum atomic E-state index is 0.252. The quantitative estimate of drug-likeness (QED) is 0.589. The predicted molar refractivity (Wildman–Crippen MR) is 43.0 cm³/mol. The molecule has 0 spiro atoms. The van der Waals surface area contributed by atoms with Gasteiger partial charge < -0.3 is 15.4 Å². The van der Waals surface area contributed by atoms with Crippen LogP contribution in [0.2, 0.25) is 0 Å². The molecule has 0 aliphatic heterocycles. The van der Waals surface area contributed by atoms with Gasteiger partial charge in [-0.1, -0.05) is 0 Å². The highest BCUT2D eigenvalue weighted by molar-refractivity contribution is 4.58. The van der Waals surface area contributed by atoms with Crippen LogP contribution in [-0.4, -0.2) is 44.8 Å². The zero-order valence-corrected chi connectivity index (χ0v) is 7.13. The van der Waals surface area contributed by atoms with Crippen LogP contribution in [0.5, 0.6) is 0 Å². The molecular weight excluding hydrogens is 128 g/mol. The highest BCUT2D eigenvalue weighted by Crippen LogP contribution is 1.84. The highest BCUT2D eigenvalue weighted by Gasteiger charge is 1.99. The van der Waals surface area contributed by atoms with E-state index in [2.05, 4.69) is 4.90 Å². The molecule has 0 aromatic carbocycles. The lowest BCUT2D eigenvalue weighted by atomic mass is 10.3. The van der Waals surface area contributed by atoms with Gasteiger partial charge in [0.1, 0.15) is 0 Å². The third kappa shape index (κ3) is 6.01. The molecule has 1 atom stereocenters. The molecule has 62 valence electrons. The van der Waals surface area contributed by atoms with Crippen LogP contribution in [0.1, 0.15) is 6.92 Å². The molecule has 3 heteroatoms. The van der Waals surface area contributed by atoms with E-state index in [1.807, 2.05) is 14.0 Å². The Hall–Kier alpha value is -0.120. The zero-order valence-electron chi connectivity index (χ0n) is 7.13. The standard InChI is InChI=1S/C7H18N2O/c1-7(8)6-9(2)4-5-10-3/h7H,4-6,8H2,1-3H3/t7-/m1/s1. The van der Waals surface area contributed by atoms with Crippen LogP contribution in [0.25, 0.3) is 0 Å². The molecule has 0 bridgehead atoms. The summed E-state index contributed by atoms with van der Waals surface area (Å²) in [6.45, 7) is 4.67. The Kier molecular flexibility index (Phi) is 5.58. The number of nitrogens with zero attached hydrogens (tertiary/aromatic N) is 1. The smallest absolute Gasteiger partial charge is 0.0589 e. The summed E-state index contributed by atoms with van der Waals surface area (Å²) >= 11 is 0. The Morgan fingerprint density at radius 3 is 2.60 bits per heavy atom. The molecule has 0 aromatic rings. The van der Waals surface area contributed by atoms with Crippen LogP contribution in [0.3, 0.4) is 0 Å². The predicted octanol–water partition coefficient (Wildman–Crippen LogP) is -0.0882. The van der Waals surface area contributed by atoms with Crippen molar-refractivity contribution in [3.05, 3.63) is 0 Å². The Bertz CT molecular complexity index is 76.0. The van der Waals surface area contributed by atoms with Gasteiger partial charge >= 0.3 is 0 Å². The molecule has 0 unspecified atom stereocenters. The second kappa shape index (κ2) is 5.65. The lowest BCUT2D eigenvalue weighted by Crippen LogP contribution is -2.34. The number of methoxy groups -OCH3 is 1. The Balaban J connectivity index is 3.16. The van der Waals surface area contributed by atoms with Crippen LogP contribution >= 0.6 is 0 Å². The van der Waals surface area contributed by atoms with Gasteiger partial charge in [-0.2, -0.15) is 0 Å². The third-order valence-corrected chi connectivity index (χ3v) is 1.28. The van der Waals surface area contributed by atoms with Crippen LogP contribution in [0.15, 0.2) is 0 Å². The molecular formula is C7H18N2O. The van der Waals surface area contributed by atoms with Crippen molar-refractivity contribution in [2.45, 2.75) is 13.0 Å². The molecule has 10 heavy (non-hydrogen) atoms. The molecule has 0 heterocycles. The normalized spacial score (nSPS) is 14.1. The van der Waals surface area contributed by atoms with Crippen molar-refractivity contribution in [2.24, 2.45) is 5.73 Å². The van der Waals surface area contributed by atoms with E-state index in [4.69, 9.17) is 10.5 Å². The van der Waals surface area contributed by atoms with Crippen molar-refractivity contribution in [3.8, 4) is 0 Å². The summed E-state index contributed by atoms with van der Waals surface area (Å²) in [5.74, 6) is 0. The molecule has 0 saturated carbocycles. The van der Waals surface area contributed by atoms with Crippen molar-refractivity contribution in [2.75, 3.05) is 33.9 Å². The second-order valence-corrected chi connectivity index (χ2v) is 2.73. The number of hydrogen-bond donors (Lipinski definition) is 1. The maximum atomic E-state index is 5.58. The van der Waals surface area contributed by atoms with E-state index in [9.17, 15) is 0 Å². The Morgan fingerprint density at radius 2 is 2.20 bits per heavy atom. The average molecular weight is 146 g/mol. The second-order valence-electron chi connectivity index (χ2n) is 2.73. The van der Waals surface area contributed by atoms with Crippen molar-refractivity contribution in [3.63, 3.8) is 0 Å². The first-order valence-electron chi connectivity index (χ1n) is 3.60. The maximum Gasteiger partial charge on any atom is 0.0589 e. The van der Waals surface area contributed by atoms with Crippen LogP contribution < -0.4 is 5.73 Å². The zero-order chi connectivity index (χ0) is 7.98. The van der Waals surface area contributed by atoms with E-state index in [-0.39, 0.29) is 6.04 Å². The van der Waals surface area contributed by atoms with Gasteiger partial charge in [-0.05, 0) is 14.0 Å². The van der Waals surface area contributed by atoms with Crippen LogP contribution in [-0.2, 0) is 4.74 Å². The SMILES string of the molecule is COCCN(C)C[C@@H](C)N. The molecule has 0 aliphatic rings. The van der Waals surface area contributed by atoms with Gasteiger partial charge in [0, 0.05) is 26.2 Å². The molecule has 0 aliphatic carbocycles. The fraction of sp³-hybridized carbons (Fsp3) is 1.00. The first kappa shape index (κ1) is 9.88. The van der Waals surface area contributed by atoms with Gasteiger partial charge in [0.05, 0.1) is 6.61 Å². The average Bonchev–Trinajstić information content (AvgIpc) is 1.82. The van der Waals surface area contributed by atoms with Crippen molar-refractivity contribution >= 4 is 0 Å². The molecule has 0 fully saturated rings. The van der Waals surface area contributed by atoms with Crippen molar-refractivity contribution in [1.82, 2.24) is 4.90 Å². The minimum Gasteiger partial charge on any atom is -0.383 e. The Morgan fingerprint density at radius 1 is 1.60 bits per heavy atom. The molecule has 0 rings (SSSR count). The third-order valence-electron chi connectivity index (χ3n) is 1.28. The largest absolute Gasteiger partial charge is 0.383 e.